The summed E-state index contributed by atoms with van der Waals surface area (Å²) < 4.78 is 38.2. The Bertz CT molecular complexity index is 1770. The minimum absolute atomic E-state index is 0.00277. The van der Waals surface area contributed by atoms with Crippen LogP contribution >= 0.6 is 22.9 Å². The van der Waals surface area contributed by atoms with Gasteiger partial charge in [0, 0.05) is 0 Å². The molecule has 0 bridgehead atoms. The van der Waals surface area contributed by atoms with E-state index in [2.05, 4.69) is 4.98 Å². The predicted octanol–water partition coefficient (Wildman–Crippen LogP) is 4.20. The number of aromatic nitrogens is 2. The minimum Gasteiger partial charge on any atom is -0.493 e. The Hall–Kier alpha value is -3.40. The molecule has 0 atom stereocenters. The molecule has 0 saturated heterocycles. The highest BCUT2D eigenvalue weighted by molar-refractivity contribution is 7.87. The molecule has 0 N–H and O–H groups in total. The quantitative estimate of drug-likeness (QED) is 0.328. The van der Waals surface area contributed by atoms with E-state index in [1.165, 1.54) is 36.6 Å². The molecule has 2 aromatic heterocycles. The fourth-order valence-corrected chi connectivity index (χ4v) is 5.78. The zero-order chi connectivity index (χ0) is 24.0. The van der Waals surface area contributed by atoms with E-state index in [0.717, 1.165) is 16.6 Å². The van der Waals surface area contributed by atoms with Gasteiger partial charge in [0.15, 0.2) is 10.7 Å². The van der Waals surface area contributed by atoms with Gasteiger partial charge in [-0.25, -0.2) is 9.38 Å². The van der Waals surface area contributed by atoms with E-state index >= 15 is 0 Å². The number of benzene rings is 3. The summed E-state index contributed by atoms with van der Waals surface area (Å²) in [4.78, 5) is 18.1. The largest absolute Gasteiger partial charge is 0.493 e. The van der Waals surface area contributed by atoms with Gasteiger partial charge in [-0.15, -0.1) is 0 Å². The Morgan fingerprint density at radius 3 is 2.56 bits per heavy atom. The molecule has 0 unspecified atom stereocenters. The minimum atomic E-state index is -4.13. The maximum absolute atomic E-state index is 13.0. The first kappa shape index (κ1) is 22.4. The molecule has 0 saturated carbocycles. The van der Waals surface area contributed by atoms with Crippen molar-refractivity contribution in [2.24, 2.45) is 0 Å². The number of nitrogens with zero attached hydrogens (tertiary/aromatic N) is 2. The molecular weight excluding hydrogens is 496 g/mol. The SMILES string of the molecule is COc1cc(C=c2sc3nc4ccccc4n3c2=O)cc(Cl)c1OS(=O)(=O)c1ccc(C)cc1. The van der Waals surface area contributed by atoms with Crippen molar-refractivity contribution in [3.05, 3.63) is 91.7 Å². The molecule has 7 nitrogen and oxygen atoms in total. The van der Waals surface area contributed by atoms with E-state index in [0.29, 0.717) is 15.1 Å². The summed E-state index contributed by atoms with van der Waals surface area (Å²) in [7, 11) is -2.75. The van der Waals surface area contributed by atoms with Gasteiger partial charge in [0.25, 0.3) is 5.56 Å². The lowest BCUT2D eigenvalue weighted by Gasteiger charge is -2.13. The van der Waals surface area contributed by atoms with Gasteiger partial charge in [-0.3, -0.25) is 4.79 Å². The van der Waals surface area contributed by atoms with Crippen molar-refractivity contribution >= 4 is 55.1 Å². The summed E-state index contributed by atoms with van der Waals surface area (Å²) >= 11 is 7.64. The van der Waals surface area contributed by atoms with Crippen LogP contribution in [0.15, 0.2) is 70.4 Å². The number of ether oxygens (including phenoxy) is 1. The molecule has 10 heteroatoms. The third-order valence-electron chi connectivity index (χ3n) is 5.20. The zero-order valence-electron chi connectivity index (χ0n) is 18.0. The molecule has 34 heavy (non-hydrogen) atoms. The molecule has 2 heterocycles. The normalized spacial score (nSPS) is 12.5. The fourth-order valence-electron chi connectivity index (χ4n) is 3.53. The Labute approximate surface area is 203 Å². The highest BCUT2D eigenvalue weighted by atomic mass is 35.5. The van der Waals surface area contributed by atoms with Crippen molar-refractivity contribution in [1.82, 2.24) is 9.38 Å². The monoisotopic (exact) mass is 512 g/mol. The van der Waals surface area contributed by atoms with E-state index in [-0.39, 0.29) is 27.0 Å². The molecule has 0 aliphatic carbocycles. The number of thiazole rings is 1. The van der Waals surface area contributed by atoms with Gasteiger partial charge < -0.3 is 8.92 Å². The van der Waals surface area contributed by atoms with Gasteiger partial charge in [0.1, 0.15) is 4.90 Å². The Morgan fingerprint density at radius 1 is 1.09 bits per heavy atom. The summed E-state index contributed by atoms with van der Waals surface area (Å²) in [6, 6.07) is 16.8. The van der Waals surface area contributed by atoms with Gasteiger partial charge in [0.05, 0.1) is 27.7 Å². The zero-order valence-corrected chi connectivity index (χ0v) is 20.4. The lowest BCUT2D eigenvalue weighted by atomic mass is 10.2. The van der Waals surface area contributed by atoms with Crippen molar-refractivity contribution in [2.45, 2.75) is 11.8 Å². The molecule has 172 valence electrons. The molecule has 3 aromatic carbocycles. The second kappa shape index (κ2) is 8.43. The van der Waals surface area contributed by atoms with Crippen LogP contribution in [0.1, 0.15) is 11.1 Å². The molecule has 0 aliphatic heterocycles. The number of methoxy groups -OCH3 is 1. The van der Waals surface area contributed by atoms with Crippen LogP contribution in [0.3, 0.4) is 0 Å². The Kier molecular flexibility index (Phi) is 5.55. The number of halogens is 1. The smallest absolute Gasteiger partial charge is 0.339 e. The molecule has 0 fully saturated rings. The van der Waals surface area contributed by atoms with Crippen LogP contribution in [0.25, 0.3) is 22.1 Å². The van der Waals surface area contributed by atoms with Crippen LogP contribution in [-0.4, -0.2) is 24.9 Å². The van der Waals surface area contributed by atoms with Crippen molar-refractivity contribution < 1.29 is 17.3 Å². The number of hydrogen-bond acceptors (Lipinski definition) is 7. The summed E-state index contributed by atoms with van der Waals surface area (Å²) in [6.07, 6.45) is 1.66. The number of aryl methyl sites for hydroxylation is 1. The van der Waals surface area contributed by atoms with E-state index in [9.17, 15) is 13.2 Å². The fraction of sp³-hybridized carbons (Fsp3) is 0.0833. The van der Waals surface area contributed by atoms with Crippen molar-refractivity contribution in [1.29, 1.82) is 0 Å². The molecule has 0 aliphatic rings. The highest BCUT2D eigenvalue weighted by Gasteiger charge is 2.22. The Morgan fingerprint density at radius 2 is 1.82 bits per heavy atom. The van der Waals surface area contributed by atoms with Crippen LogP contribution in [-0.2, 0) is 10.1 Å². The van der Waals surface area contributed by atoms with E-state index in [4.69, 9.17) is 20.5 Å². The third-order valence-corrected chi connectivity index (χ3v) is 7.68. The number of para-hydroxylation sites is 2. The van der Waals surface area contributed by atoms with Gasteiger partial charge in [-0.05, 0) is 55.0 Å². The van der Waals surface area contributed by atoms with E-state index < -0.39 is 10.1 Å². The second-order valence-corrected chi connectivity index (χ2v) is 10.5. The standard InChI is InChI=1S/C24H17ClN2O5S2/c1-14-7-9-16(10-8-14)34(29,30)32-22-17(25)11-15(12-20(22)31-2)13-21-23(28)27-19-6-4-3-5-18(19)26-24(27)33-21/h3-13H,1-2H3. The maximum Gasteiger partial charge on any atom is 0.339 e. The first-order valence-corrected chi connectivity index (χ1v) is 12.7. The van der Waals surface area contributed by atoms with E-state index in [1.807, 2.05) is 31.2 Å². The van der Waals surface area contributed by atoms with Crippen LogP contribution in [0.4, 0.5) is 0 Å². The predicted molar refractivity (Wildman–Crippen MR) is 133 cm³/mol. The first-order chi connectivity index (χ1) is 16.3. The van der Waals surface area contributed by atoms with Crippen molar-refractivity contribution in [3.8, 4) is 11.5 Å². The molecule has 0 spiro atoms. The van der Waals surface area contributed by atoms with Crippen molar-refractivity contribution in [3.63, 3.8) is 0 Å². The van der Waals surface area contributed by atoms with Crippen LogP contribution in [0.2, 0.25) is 5.02 Å². The maximum atomic E-state index is 13.0. The summed E-state index contributed by atoms with van der Waals surface area (Å²) in [5.74, 6) is -0.00937. The molecule has 5 rings (SSSR count). The first-order valence-electron chi connectivity index (χ1n) is 10.1. The summed E-state index contributed by atoms with van der Waals surface area (Å²) in [5, 5.41) is 0.0283. The topological polar surface area (TPSA) is 87.0 Å². The lowest BCUT2D eigenvalue weighted by Crippen LogP contribution is -2.22. The number of hydrogen-bond donors (Lipinski definition) is 0. The second-order valence-electron chi connectivity index (χ2n) is 7.52. The van der Waals surface area contributed by atoms with E-state index in [1.54, 1.807) is 28.7 Å². The number of rotatable bonds is 5. The molecule has 0 amide bonds. The van der Waals surface area contributed by atoms with Crippen LogP contribution in [0.5, 0.6) is 11.5 Å². The lowest BCUT2D eigenvalue weighted by molar-refractivity contribution is 0.390. The number of fused-ring (bicyclic) bond motifs is 3. The average Bonchev–Trinajstić information content (AvgIpc) is 3.31. The third kappa shape index (κ3) is 3.91. The summed E-state index contributed by atoms with van der Waals surface area (Å²) in [6.45, 7) is 1.85. The number of imidazole rings is 1. The van der Waals surface area contributed by atoms with Crippen LogP contribution in [0, 0.1) is 6.92 Å². The Balaban J connectivity index is 1.57. The van der Waals surface area contributed by atoms with Gasteiger partial charge in [-0.1, -0.05) is 52.8 Å². The average molecular weight is 513 g/mol. The summed E-state index contributed by atoms with van der Waals surface area (Å²) in [5.41, 5.74) is 2.75. The van der Waals surface area contributed by atoms with Crippen molar-refractivity contribution in [2.75, 3.05) is 7.11 Å². The molecular formula is C24H17ClN2O5S2. The van der Waals surface area contributed by atoms with Crippen LogP contribution < -0.4 is 19.0 Å². The van der Waals surface area contributed by atoms with Gasteiger partial charge in [-0.2, -0.15) is 8.42 Å². The molecule has 5 aromatic rings. The highest BCUT2D eigenvalue weighted by Crippen LogP contribution is 2.38. The van der Waals surface area contributed by atoms with Gasteiger partial charge in [0.2, 0.25) is 5.75 Å². The molecule has 0 radical (unpaired) electrons. The van der Waals surface area contributed by atoms with Gasteiger partial charge >= 0.3 is 10.1 Å².